The fourth-order valence-corrected chi connectivity index (χ4v) is 4.51. The number of allylic oxidation sites excluding steroid dienone is 1. The zero-order chi connectivity index (χ0) is 24.2. The van der Waals surface area contributed by atoms with Crippen molar-refractivity contribution in [3.63, 3.8) is 0 Å². The molecule has 2 aromatic carbocycles. The Hall–Kier alpha value is -3.61. The van der Waals surface area contributed by atoms with Gasteiger partial charge in [0.1, 0.15) is 28.6 Å². The van der Waals surface area contributed by atoms with Gasteiger partial charge >= 0.3 is 11.9 Å². The van der Waals surface area contributed by atoms with Gasteiger partial charge in [0.05, 0.1) is 12.5 Å². The maximum absolute atomic E-state index is 13.2. The summed E-state index contributed by atoms with van der Waals surface area (Å²) >= 11 is 0. The molecule has 0 saturated heterocycles. The van der Waals surface area contributed by atoms with E-state index in [1.807, 2.05) is 6.08 Å². The number of esters is 2. The van der Waals surface area contributed by atoms with E-state index in [4.69, 9.17) is 9.47 Å². The first-order valence-corrected chi connectivity index (χ1v) is 11.6. The second-order valence-corrected chi connectivity index (χ2v) is 8.86. The fraction of sp³-hybridized carbons (Fsp3) is 0.370. The van der Waals surface area contributed by atoms with Gasteiger partial charge in [0.15, 0.2) is 0 Å². The first-order valence-electron chi connectivity index (χ1n) is 11.6. The van der Waals surface area contributed by atoms with E-state index in [2.05, 4.69) is 0 Å². The summed E-state index contributed by atoms with van der Waals surface area (Å²) in [6.07, 6.45) is 6.53. The lowest BCUT2D eigenvalue weighted by Gasteiger charge is -2.27. The molecule has 0 aromatic heterocycles. The van der Waals surface area contributed by atoms with E-state index in [9.17, 15) is 24.6 Å². The lowest BCUT2D eigenvalue weighted by molar-refractivity contribution is -0.135. The Bertz CT molecular complexity index is 1130. The van der Waals surface area contributed by atoms with Crippen LogP contribution in [0.5, 0.6) is 17.2 Å². The predicted molar refractivity (Wildman–Crippen MR) is 125 cm³/mol. The fourth-order valence-electron chi connectivity index (χ4n) is 4.51. The van der Waals surface area contributed by atoms with Gasteiger partial charge in [-0.05, 0) is 61.9 Å². The first-order chi connectivity index (χ1) is 16.3. The zero-order valence-corrected chi connectivity index (χ0v) is 19.1. The molecule has 0 amide bonds. The molecular weight excluding hydrogens is 436 g/mol. The highest BCUT2D eigenvalue weighted by atomic mass is 16.5. The molecule has 7 nitrogen and oxygen atoms in total. The largest absolute Gasteiger partial charge is 0.508 e. The number of phenols is 2. The number of carbonyl (C=O) groups excluding carboxylic acids is 3. The second-order valence-electron chi connectivity index (χ2n) is 8.86. The minimum atomic E-state index is -0.669. The molecule has 178 valence electrons. The Labute approximate surface area is 198 Å². The van der Waals surface area contributed by atoms with Gasteiger partial charge < -0.3 is 19.7 Å². The third-order valence-electron chi connectivity index (χ3n) is 6.27. The van der Waals surface area contributed by atoms with Crippen LogP contribution in [0.3, 0.4) is 0 Å². The van der Waals surface area contributed by atoms with Crippen LogP contribution in [-0.4, -0.2) is 34.0 Å². The number of aromatic hydroxyl groups is 2. The molecule has 2 aliphatic heterocycles. The van der Waals surface area contributed by atoms with Crippen molar-refractivity contribution in [3.05, 3.63) is 58.7 Å². The maximum Gasteiger partial charge on any atom is 0.342 e. The van der Waals surface area contributed by atoms with Gasteiger partial charge in [0, 0.05) is 24.3 Å². The van der Waals surface area contributed by atoms with Crippen molar-refractivity contribution in [1.29, 1.82) is 0 Å². The molecule has 0 bridgehead atoms. The van der Waals surface area contributed by atoms with Crippen LogP contribution in [0.1, 0.15) is 84.8 Å². The van der Waals surface area contributed by atoms with Gasteiger partial charge in [-0.2, -0.15) is 0 Å². The number of rotatable bonds is 1. The quantitative estimate of drug-likeness (QED) is 0.450. The topological polar surface area (TPSA) is 110 Å². The highest BCUT2D eigenvalue weighted by Gasteiger charge is 2.35. The molecule has 0 saturated carbocycles. The van der Waals surface area contributed by atoms with Gasteiger partial charge in [0.25, 0.3) is 0 Å². The van der Waals surface area contributed by atoms with Gasteiger partial charge in [0.2, 0.25) is 0 Å². The summed E-state index contributed by atoms with van der Waals surface area (Å²) in [7, 11) is 0. The molecule has 34 heavy (non-hydrogen) atoms. The maximum atomic E-state index is 13.2. The summed E-state index contributed by atoms with van der Waals surface area (Å²) in [6, 6.07) is 7.95. The van der Waals surface area contributed by atoms with Crippen molar-refractivity contribution in [1.82, 2.24) is 0 Å². The number of Topliss-reactive ketones (excluding diaryl/α,β-unsaturated/α-hetero) is 1. The van der Waals surface area contributed by atoms with Gasteiger partial charge in [-0.1, -0.05) is 24.3 Å². The Morgan fingerprint density at radius 1 is 1.00 bits per heavy atom. The minimum Gasteiger partial charge on any atom is -0.508 e. The van der Waals surface area contributed by atoms with Gasteiger partial charge in [-0.3, -0.25) is 9.59 Å². The molecule has 2 aliphatic rings. The van der Waals surface area contributed by atoms with Crippen LogP contribution in [0.15, 0.2) is 36.4 Å². The first kappa shape index (κ1) is 23.5. The van der Waals surface area contributed by atoms with E-state index in [1.54, 1.807) is 31.2 Å². The van der Waals surface area contributed by atoms with E-state index in [0.29, 0.717) is 55.2 Å². The minimum absolute atomic E-state index is 0.0144. The molecule has 4 rings (SSSR count). The lowest BCUT2D eigenvalue weighted by Crippen LogP contribution is -2.23. The molecule has 7 heteroatoms. The van der Waals surface area contributed by atoms with Crippen LogP contribution in [0.4, 0.5) is 0 Å². The number of cyclic esters (lactones) is 1. The Morgan fingerprint density at radius 2 is 1.74 bits per heavy atom. The predicted octanol–water partition coefficient (Wildman–Crippen LogP) is 5.02. The third kappa shape index (κ3) is 5.14. The van der Waals surface area contributed by atoms with Crippen LogP contribution in [0, 0.1) is 0 Å². The molecule has 2 atom stereocenters. The van der Waals surface area contributed by atoms with Crippen LogP contribution in [0.2, 0.25) is 0 Å². The van der Waals surface area contributed by atoms with Crippen molar-refractivity contribution in [2.24, 2.45) is 0 Å². The lowest BCUT2D eigenvalue weighted by atomic mass is 9.83. The molecule has 2 N–H and O–H groups in total. The van der Waals surface area contributed by atoms with E-state index in [-0.39, 0.29) is 35.0 Å². The summed E-state index contributed by atoms with van der Waals surface area (Å²) in [5.74, 6) is -1.48. The SMILES string of the molecule is CC1CCCC(=O)CCCC=Cc2cc3c(c(O)c2C(=O)O1)C(c1ccc(O)cc1)CC(=O)O3. The zero-order valence-electron chi connectivity index (χ0n) is 19.1. The monoisotopic (exact) mass is 464 g/mol. The molecular formula is C27H28O7. The number of carbonyl (C=O) groups is 3. The van der Waals surface area contributed by atoms with Crippen LogP contribution in [-0.2, 0) is 14.3 Å². The summed E-state index contributed by atoms with van der Waals surface area (Å²) < 4.78 is 11.1. The van der Waals surface area contributed by atoms with Crippen LogP contribution in [0.25, 0.3) is 6.08 Å². The Balaban J connectivity index is 1.81. The Kier molecular flexibility index (Phi) is 7.01. The number of hydrogen-bond acceptors (Lipinski definition) is 7. The Morgan fingerprint density at radius 3 is 2.50 bits per heavy atom. The highest BCUT2D eigenvalue weighted by molar-refractivity contribution is 5.98. The van der Waals surface area contributed by atoms with Crippen LogP contribution < -0.4 is 4.74 Å². The molecule has 2 heterocycles. The van der Waals surface area contributed by atoms with Crippen molar-refractivity contribution in [2.75, 3.05) is 0 Å². The average Bonchev–Trinajstić information content (AvgIpc) is 2.78. The van der Waals surface area contributed by atoms with Crippen molar-refractivity contribution in [3.8, 4) is 17.2 Å². The second kappa shape index (κ2) is 10.1. The molecule has 2 unspecified atom stereocenters. The molecule has 2 aromatic rings. The molecule has 0 radical (unpaired) electrons. The summed E-state index contributed by atoms with van der Waals surface area (Å²) in [4.78, 5) is 37.6. The number of phenolic OH excluding ortho intramolecular Hbond substituents is 2. The van der Waals surface area contributed by atoms with E-state index in [0.717, 1.165) is 0 Å². The summed E-state index contributed by atoms with van der Waals surface area (Å²) in [6.45, 7) is 1.76. The third-order valence-corrected chi connectivity index (χ3v) is 6.27. The summed E-state index contributed by atoms with van der Waals surface area (Å²) in [5.41, 5.74) is 1.45. The van der Waals surface area contributed by atoms with Gasteiger partial charge in [-0.15, -0.1) is 0 Å². The standard InChI is InChI=1S/C27H28O7/c1-16-6-5-9-19(28)8-4-2-3-7-18-14-22-25(26(31)24(18)27(32)33-16)21(15-23(30)34-22)17-10-12-20(29)13-11-17/h3,7,10-14,16,21,29,31H,2,4-6,8-9,15H2,1H3. The van der Waals surface area contributed by atoms with E-state index < -0.39 is 24.0 Å². The molecule has 0 spiro atoms. The number of ether oxygens (including phenoxy) is 2. The van der Waals surface area contributed by atoms with Crippen molar-refractivity contribution < 1.29 is 34.1 Å². The number of hydrogen-bond donors (Lipinski definition) is 2. The summed E-state index contributed by atoms with van der Waals surface area (Å²) in [5, 5.41) is 21.0. The number of fused-ring (bicyclic) bond motifs is 2. The molecule has 0 fully saturated rings. The highest BCUT2D eigenvalue weighted by Crippen LogP contribution is 2.47. The van der Waals surface area contributed by atoms with Crippen LogP contribution >= 0.6 is 0 Å². The smallest absolute Gasteiger partial charge is 0.342 e. The average molecular weight is 465 g/mol. The van der Waals surface area contributed by atoms with Crippen molar-refractivity contribution in [2.45, 2.75) is 63.9 Å². The number of ketones is 1. The van der Waals surface area contributed by atoms with E-state index >= 15 is 0 Å². The normalized spacial score (nSPS) is 21.6. The van der Waals surface area contributed by atoms with Crippen molar-refractivity contribution >= 4 is 23.8 Å². The molecule has 0 aliphatic carbocycles. The number of benzene rings is 2. The van der Waals surface area contributed by atoms with E-state index in [1.165, 1.54) is 12.1 Å². The van der Waals surface area contributed by atoms with Gasteiger partial charge in [-0.25, -0.2) is 4.79 Å².